The van der Waals surface area contributed by atoms with Crippen molar-refractivity contribution < 1.29 is 13.6 Å². The highest BCUT2D eigenvalue weighted by Crippen LogP contribution is 2.27. The molecule has 2 N–H and O–H groups in total. The highest BCUT2D eigenvalue weighted by atomic mass is 35.5. The number of amides is 1. The summed E-state index contributed by atoms with van der Waals surface area (Å²) < 4.78 is 26.3. The fraction of sp³-hybridized carbons (Fsp3) is 0.938. The summed E-state index contributed by atoms with van der Waals surface area (Å²) in [6.45, 7) is 8.63. The minimum Gasteiger partial charge on any atom is -0.353 e. The van der Waals surface area contributed by atoms with Crippen LogP contribution in [0.2, 0.25) is 0 Å². The molecule has 0 aromatic heterocycles. The highest BCUT2D eigenvalue weighted by molar-refractivity contribution is 5.85. The van der Waals surface area contributed by atoms with E-state index in [1.54, 1.807) is 0 Å². The first-order chi connectivity index (χ1) is 10.2. The molecule has 4 nitrogen and oxygen atoms in total. The molecule has 0 bridgehead atoms. The Bertz CT molecular complexity index is 411. The number of rotatable bonds is 5. The van der Waals surface area contributed by atoms with Crippen LogP contribution in [0.3, 0.4) is 0 Å². The SMILES string of the molecule is CCC1CCCN(C(C)(C)CNC(=O)C2CC(F)(F)CN2)C1.Cl.Cl. The highest BCUT2D eigenvalue weighted by Gasteiger charge is 2.42. The van der Waals surface area contributed by atoms with Gasteiger partial charge in [-0.05, 0) is 39.2 Å². The molecule has 0 saturated carbocycles. The second-order valence-electron chi connectivity index (χ2n) is 7.39. The summed E-state index contributed by atoms with van der Waals surface area (Å²) in [5, 5.41) is 5.46. The topological polar surface area (TPSA) is 44.4 Å². The van der Waals surface area contributed by atoms with E-state index < -0.39 is 24.9 Å². The van der Waals surface area contributed by atoms with Gasteiger partial charge in [0.15, 0.2) is 0 Å². The predicted molar refractivity (Wildman–Crippen MR) is 97.5 cm³/mol. The molecule has 2 aliphatic heterocycles. The summed E-state index contributed by atoms with van der Waals surface area (Å²) in [5.74, 6) is -2.35. The number of hydrogen-bond acceptors (Lipinski definition) is 3. The van der Waals surface area contributed by atoms with E-state index in [2.05, 4.69) is 36.3 Å². The first-order valence-corrected chi connectivity index (χ1v) is 8.37. The van der Waals surface area contributed by atoms with Gasteiger partial charge in [0.2, 0.25) is 5.91 Å². The zero-order chi connectivity index (χ0) is 16.4. The van der Waals surface area contributed by atoms with Gasteiger partial charge in [-0.3, -0.25) is 15.0 Å². The molecule has 2 aliphatic rings. The number of carbonyl (C=O) groups excluding carboxylic acids is 1. The monoisotopic (exact) mass is 389 g/mol. The van der Waals surface area contributed by atoms with E-state index in [1.165, 1.54) is 19.3 Å². The number of likely N-dealkylation sites (tertiary alicyclic amines) is 1. The molecule has 0 aromatic carbocycles. The summed E-state index contributed by atoms with van der Waals surface area (Å²) in [4.78, 5) is 14.5. The van der Waals surface area contributed by atoms with Crippen LogP contribution in [0.25, 0.3) is 0 Å². The van der Waals surface area contributed by atoms with Gasteiger partial charge in [0, 0.05) is 25.0 Å². The maximum Gasteiger partial charge on any atom is 0.262 e. The molecule has 2 rings (SSSR count). The third-order valence-electron chi connectivity index (χ3n) is 5.07. The zero-order valence-corrected chi connectivity index (χ0v) is 16.4. The second-order valence-corrected chi connectivity index (χ2v) is 7.39. The molecule has 0 spiro atoms. The Labute approximate surface area is 156 Å². The normalized spacial score (nSPS) is 27.0. The van der Waals surface area contributed by atoms with Crippen molar-refractivity contribution in [3.63, 3.8) is 0 Å². The van der Waals surface area contributed by atoms with Crippen molar-refractivity contribution in [3.8, 4) is 0 Å². The Morgan fingerprint density at radius 3 is 2.58 bits per heavy atom. The number of halogens is 4. The third kappa shape index (κ3) is 6.28. The Balaban J connectivity index is 0.00000264. The largest absolute Gasteiger partial charge is 0.353 e. The molecule has 2 saturated heterocycles. The van der Waals surface area contributed by atoms with Gasteiger partial charge in [-0.2, -0.15) is 0 Å². The number of nitrogens with zero attached hydrogens (tertiary/aromatic N) is 1. The lowest BCUT2D eigenvalue weighted by atomic mass is 9.91. The van der Waals surface area contributed by atoms with Gasteiger partial charge in [-0.1, -0.05) is 13.3 Å². The summed E-state index contributed by atoms with van der Waals surface area (Å²) in [5.41, 5.74) is -0.148. The maximum atomic E-state index is 13.2. The molecular formula is C16H31Cl2F2N3O. The van der Waals surface area contributed by atoms with Crippen LogP contribution in [0, 0.1) is 5.92 Å². The average Bonchev–Trinajstić information content (AvgIpc) is 2.85. The van der Waals surface area contributed by atoms with Crippen molar-refractivity contribution in [2.24, 2.45) is 5.92 Å². The van der Waals surface area contributed by atoms with Crippen LogP contribution in [0.4, 0.5) is 8.78 Å². The smallest absolute Gasteiger partial charge is 0.262 e. The van der Waals surface area contributed by atoms with Crippen LogP contribution < -0.4 is 10.6 Å². The number of carbonyl (C=O) groups is 1. The van der Waals surface area contributed by atoms with Crippen LogP contribution in [-0.2, 0) is 4.79 Å². The summed E-state index contributed by atoms with van der Waals surface area (Å²) in [6.07, 6.45) is 3.24. The molecule has 2 heterocycles. The summed E-state index contributed by atoms with van der Waals surface area (Å²) >= 11 is 0. The number of piperidine rings is 1. The first kappa shape index (κ1) is 23.8. The minimum absolute atomic E-state index is 0. The molecule has 2 unspecified atom stereocenters. The molecule has 1 amide bonds. The van der Waals surface area contributed by atoms with E-state index in [0.717, 1.165) is 19.0 Å². The van der Waals surface area contributed by atoms with Gasteiger partial charge < -0.3 is 5.32 Å². The van der Waals surface area contributed by atoms with Gasteiger partial charge in [0.05, 0.1) is 12.6 Å². The fourth-order valence-electron chi connectivity index (χ4n) is 3.39. The molecule has 8 heteroatoms. The molecule has 24 heavy (non-hydrogen) atoms. The van der Waals surface area contributed by atoms with Crippen molar-refractivity contribution in [1.29, 1.82) is 0 Å². The van der Waals surface area contributed by atoms with Crippen LogP contribution in [0.1, 0.15) is 46.5 Å². The van der Waals surface area contributed by atoms with Crippen LogP contribution in [-0.4, -0.2) is 54.5 Å². The van der Waals surface area contributed by atoms with Gasteiger partial charge in [-0.15, -0.1) is 24.8 Å². The lowest BCUT2D eigenvalue weighted by Gasteiger charge is -2.43. The minimum atomic E-state index is -2.77. The number of alkyl halides is 2. The second kappa shape index (κ2) is 9.51. The van der Waals surface area contributed by atoms with Crippen molar-refractivity contribution in [1.82, 2.24) is 15.5 Å². The average molecular weight is 390 g/mol. The number of hydrogen-bond donors (Lipinski definition) is 2. The van der Waals surface area contributed by atoms with E-state index in [-0.39, 0.29) is 36.3 Å². The first-order valence-electron chi connectivity index (χ1n) is 8.37. The van der Waals surface area contributed by atoms with Gasteiger partial charge >= 0.3 is 0 Å². The lowest BCUT2D eigenvalue weighted by molar-refractivity contribution is -0.124. The van der Waals surface area contributed by atoms with E-state index in [9.17, 15) is 13.6 Å². The van der Waals surface area contributed by atoms with Gasteiger partial charge in [0.1, 0.15) is 0 Å². The lowest BCUT2D eigenvalue weighted by Crippen LogP contribution is -2.56. The molecule has 2 fully saturated rings. The van der Waals surface area contributed by atoms with Gasteiger partial charge in [-0.25, -0.2) is 8.78 Å². The van der Waals surface area contributed by atoms with Crippen LogP contribution in [0.5, 0.6) is 0 Å². The standard InChI is InChI=1S/C16H29F2N3O.2ClH/c1-4-12-6-5-7-21(9-12)15(2,3)10-20-14(22)13-8-16(17,18)11-19-13;;/h12-13,19H,4-11H2,1-3H3,(H,20,22);2*1H. The van der Waals surface area contributed by atoms with Crippen LogP contribution in [0.15, 0.2) is 0 Å². The van der Waals surface area contributed by atoms with E-state index in [1.807, 2.05) is 0 Å². The van der Waals surface area contributed by atoms with E-state index >= 15 is 0 Å². The Morgan fingerprint density at radius 2 is 2.04 bits per heavy atom. The van der Waals surface area contributed by atoms with Crippen molar-refractivity contribution >= 4 is 30.7 Å². The summed E-state index contributed by atoms with van der Waals surface area (Å²) in [6, 6.07) is -0.768. The molecule has 0 aromatic rings. The third-order valence-corrected chi connectivity index (χ3v) is 5.07. The van der Waals surface area contributed by atoms with E-state index in [0.29, 0.717) is 6.54 Å². The van der Waals surface area contributed by atoms with Crippen molar-refractivity contribution in [2.75, 3.05) is 26.2 Å². The Hall–Kier alpha value is -0.170. The zero-order valence-electron chi connectivity index (χ0n) is 14.7. The molecule has 0 radical (unpaired) electrons. The molecule has 2 atom stereocenters. The fourth-order valence-corrected chi connectivity index (χ4v) is 3.39. The van der Waals surface area contributed by atoms with Crippen molar-refractivity contribution in [3.05, 3.63) is 0 Å². The molecule has 144 valence electrons. The number of nitrogens with one attached hydrogen (secondary N) is 2. The predicted octanol–water partition coefficient (Wildman–Crippen LogP) is 2.84. The Morgan fingerprint density at radius 1 is 1.38 bits per heavy atom. The molecular weight excluding hydrogens is 359 g/mol. The maximum absolute atomic E-state index is 13.2. The van der Waals surface area contributed by atoms with E-state index in [4.69, 9.17) is 0 Å². The van der Waals surface area contributed by atoms with Crippen molar-refractivity contribution in [2.45, 2.75) is 64.0 Å². The van der Waals surface area contributed by atoms with Gasteiger partial charge in [0.25, 0.3) is 5.92 Å². The summed E-state index contributed by atoms with van der Waals surface area (Å²) in [7, 11) is 0. The Kier molecular flexibility index (Phi) is 9.44. The van der Waals surface area contributed by atoms with Crippen LogP contribution >= 0.6 is 24.8 Å². The molecule has 0 aliphatic carbocycles. The quantitative estimate of drug-likeness (QED) is 0.759.